The fourth-order valence-electron chi connectivity index (χ4n) is 1.92. The van der Waals surface area contributed by atoms with Crippen molar-refractivity contribution in [1.29, 1.82) is 0 Å². The molecule has 1 amide bonds. The molecule has 2 atom stereocenters. The largest absolute Gasteiger partial charge is 0.405 e. The maximum atomic E-state index is 13.0. The second-order valence-corrected chi connectivity index (χ2v) is 7.06. The van der Waals surface area contributed by atoms with Gasteiger partial charge in [0.05, 0.1) is 6.61 Å². The van der Waals surface area contributed by atoms with Gasteiger partial charge in [0.25, 0.3) is 0 Å². The summed E-state index contributed by atoms with van der Waals surface area (Å²) in [5, 5.41) is 11.5. The van der Waals surface area contributed by atoms with E-state index in [0.717, 1.165) is 19.8 Å². The second kappa shape index (κ2) is 5.54. The summed E-state index contributed by atoms with van der Waals surface area (Å²) in [5.74, 6) is -0.654. The number of aliphatic hydroxyl groups is 1. The van der Waals surface area contributed by atoms with Crippen molar-refractivity contribution in [1.82, 2.24) is 5.32 Å². The summed E-state index contributed by atoms with van der Waals surface area (Å²) in [6, 6.07) is -0.323. The number of carbonyl (C=O) groups excluding carboxylic acids is 1. The summed E-state index contributed by atoms with van der Waals surface area (Å²) in [4.78, 5) is 12.0. The number of hydrogen-bond donors (Lipinski definition) is 2. The Morgan fingerprint density at radius 2 is 1.75 bits per heavy atom. The molecule has 1 aliphatic carbocycles. The molecule has 0 radical (unpaired) electrons. The first-order valence-electron chi connectivity index (χ1n) is 6.90. The Labute approximate surface area is 117 Å². The molecule has 1 saturated carbocycles. The van der Waals surface area contributed by atoms with Gasteiger partial charge >= 0.3 is 6.18 Å². The van der Waals surface area contributed by atoms with Crippen molar-refractivity contribution in [2.45, 2.75) is 59.2 Å². The Hall–Kier alpha value is -0.780. The number of halogens is 3. The van der Waals surface area contributed by atoms with Crippen molar-refractivity contribution >= 4 is 5.91 Å². The minimum absolute atomic E-state index is 0.319. The highest BCUT2D eigenvalue weighted by molar-refractivity contribution is 5.83. The third kappa shape index (κ3) is 3.87. The molecule has 0 saturated heterocycles. The number of hydrogen-bond acceptors (Lipinski definition) is 2. The smallest absolute Gasteiger partial charge is 0.395 e. The molecule has 3 nitrogen and oxygen atoms in total. The van der Waals surface area contributed by atoms with E-state index in [4.69, 9.17) is 5.11 Å². The maximum Gasteiger partial charge on any atom is 0.405 e. The van der Waals surface area contributed by atoms with Crippen molar-refractivity contribution in [3.05, 3.63) is 0 Å². The molecule has 0 aromatic rings. The molecule has 2 N–H and O–H groups in total. The summed E-state index contributed by atoms with van der Waals surface area (Å²) in [6.07, 6.45) is -1.94. The Kier molecular flexibility index (Phi) is 4.79. The van der Waals surface area contributed by atoms with Crippen LogP contribution >= 0.6 is 0 Å². The highest BCUT2D eigenvalue weighted by Crippen LogP contribution is 2.40. The van der Waals surface area contributed by atoms with Gasteiger partial charge in [-0.15, -0.1) is 0 Å². The Morgan fingerprint density at radius 1 is 1.25 bits per heavy atom. The fraction of sp³-hybridized carbons (Fsp3) is 0.929. The van der Waals surface area contributed by atoms with Crippen molar-refractivity contribution in [2.24, 2.45) is 16.7 Å². The fourth-order valence-corrected chi connectivity index (χ4v) is 1.92. The molecule has 6 heteroatoms. The van der Waals surface area contributed by atoms with Gasteiger partial charge in [0.2, 0.25) is 5.91 Å². The van der Waals surface area contributed by atoms with E-state index in [0.29, 0.717) is 12.3 Å². The van der Waals surface area contributed by atoms with Gasteiger partial charge in [-0.25, -0.2) is 0 Å². The minimum Gasteiger partial charge on any atom is -0.395 e. The predicted molar refractivity (Wildman–Crippen MR) is 70.0 cm³/mol. The maximum absolute atomic E-state index is 13.0. The summed E-state index contributed by atoms with van der Waals surface area (Å²) in [6.45, 7) is 5.17. The van der Waals surface area contributed by atoms with Gasteiger partial charge in [-0.3, -0.25) is 4.79 Å². The van der Waals surface area contributed by atoms with Crippen molar-refractivity contribution < 1.29 is 23.1 Å². The van der Waals surface area contributed by atoms with Crippen LogP contribution in [0, 0.1) is 16.7 Å². The van der Waals surface area contributed by atoms with E-state index < -0.39 is 24.1 Å². The SMILES string of the molecule is CC(C)(C)C(CC1CC1)NC(=O)C(C)(CO)C(F)(F)F. The topological polar surface area (TPSA) is 49.3 Å². The van der Waals surface area contributed by atoms with Crippen LogP contribution in [0.5, 0.6) is 0 Å². The van der Waals surface area contributed by atoms with Gasteiger partial charge in [0.1, 0.15) is 0 Å². The predicted octanol–water partition coefficient (Wildman–Crippen LogP) is 2.88. The molecule has 0 heterocycles. The lowest BCUT2D eigenvalue weighted by Gasteiger charge is -2.36. The van der Waals surface area contributed by atoms with Gasteiger partial charge in [0, 0.05) is 6.04 Å². The average molecular weight is 295 g/mol. The van der Waals surface area contributed by atoms with Crippen molar-refractivity contribution in [3.8, 4) is 0 Å². The van der Waals surface area contributed by atoms with Crippen LogP contribution in [0.15, 0.2) is 0 Å². The van der Waals surface area contributed by atoms with Crippen LogP contribution in [0.3, 0.4) is 0 Å². The van der Waals surface area contributed by atoms with Crippen LogP contribution in [-0.4, -0.2) is 29.8 Å². The van der Waals surface area contributed by atoms with E-state index in [1.807, 2.05) is 20.8 Å². The molecule has 0 spiro atoms. The Morgan fingerprint density at radius 3 is 2.05 bits per heavy atom. The third-order valence-electron chi connectivity index (χ3n) is 4.06. The highest BCUT2D eigenvalue weighted by Gasteiger charge is 2.57. The first kappa shape index (κ1) is 17.3. The van der Waals surface area contributed by atoms with Crippen LogP contribution in [0.25, 0.3) is 0 Å². The first-order chi connectivity index (χ1) is 8.91. The van der Waals surface area contributed by atoms with E-state index in [1.54, 1.807) is 0 Å². The lowest BCUT2D eigenvalue weighted by molar-refractivity contribution is -0.226. The number of alkyl halides is 3. The van der Waals surface area contributed by atoms with Crippen molar-refractivity contribution in [2.75, 3.05) is 6.61 Å². The Bertz CT molecular complexity index is 358. The molecule has 118 valence electrons. The lowest BCUT2D eigenvalue weighted by atomic mass is 9.81. The Balaban J connectivity index is 2.83. The zero-order valence-electron chi connectivity index (χ0n) is 12.5. The zero-order chi connectivity index (χ0) is 15.8. The van der Waals surface area contributed by atoms with Gasteiger partial charge < -0.3 is 10.4 Å². The van der Waals surface area contributed by atoms with E-state index >= 15 is 0 Å². The van der Waals surface area contributed by atoms with E-state index in [2.05, 4.69) is 5.32 Å². The minimum atomic E-state index is -4.77. The van der Waals surface area contributed by atoms with Crippen LogP contribution < -0.4 is 5.32 Å². The molecule has 0 bridgehead atoms. The summed E-state index contributed by atoms with van der Waals surface area (Å²) in [5.41, 5.74) is -3.07. The number of amides is 1. The molecule has 1 fully saturated rings. The molecule has 0 aromatic carbocycles. The van der Waals surface area contributed by atoms with E-state index in [1.165, 1.54) is 0 Å². The van der Waals surface area contributed by atoms with Crippen LogP contribution in [-0.2, 0) is 4.79 Å². The number of rotatable bonds is 5. The zero-order valence-corrected chi connectivity index (χ0v) is 12.5. The summed E-state index contributed by atoms with van der Waals surface area (Å²) in [7, 11) is 0. The molecule has 1 aliphatic rings. The standard InChI is InChI=1S/C14H24F3NO2/c1-12(2,3)10(7-9-5-6-9)18-11(20)13(4,8-19)14(15,16)17/h9-10,19H,5-8H2,1-4H3,(H,18,20). The normalized spacial score (nSPS) is 21.2. The van der Waals surface area contributed by atoms with E-state index in [9.17, 15) is 18.0 Å². The molecule has 20 heavy (non-hydrogen) atoms. The molecule has 1 rings (SSSR count). The summed E-state index contributed by atoms with van der Waals surface area (Å²) >= 11 is 0. The molecular formula is C14H24F3NO2. The number of nitrogens with one attached hydrogen (secondary N) is 1. The molecule has 0 aromatic heterocycles. The number of carbonyl (C=O) groups is 1. The monoisotopic (exact) mass is 295 g/mol. The second-order valence-electron chi connectivity index (χ2n) is 7.06. The van der Waals surface area contributed by atoms with Crippen LogP contribution in [0.4, 0.5) is 13.2 Å². The van der Waals surface area contributed by atoms with Crippen LogP contribution in [0.1, 0.15) is 47.0 Å². The highest BCUT2D eigenvalue weighted by atomic mass is 19.4. The molecule has 2 unspecified atom stereocenters. The summed E-state index contributed by atoms with van der Waals surface area (Å²) < 4.78 is 38.9. The van der Waals surface area contributed by atoms with Crippen LogP contribution in [0.2, 0.25) is 0 Å². The molecular weight excluding hydrogens is 271 g/mol. The lowest BCUT2D eigenvalue weighted by Crippen LogP contribution is -2.56. The average Bonchev–Trinajstić information content (AvgIpc) is 3.07. The van der Waals surface area contributed by atoms with Gasteiger partial charge in [-0.1, -0.05) is 33.6 Å². The van der Waals surface area contributed by atoms with Gasteiger partial charge in [0.15, 0.2) is 5.41 Å². The van der Waals surface area contributed by atoms with Gasteiger partial charge in [-0.2, -0.15) is 13.2 Å². The third-order valence-corrected chi connectivity index (χ3v) is 4.06. The number of aliphatic hydroxyl groups excluding tert-OH is 1. The quantitative estimate of drug-likeness (QED) is 0.819. The molecule has 0 aliphatic heterocycles. The van der Waals surface area contributed by atoms with Gasteiger partial charge in [-0.05, 0) is 24.7 Å². The van der Waals surface area contributed by atoms with E-state index in [-0.39, 0.29) is 11.5 Å². The first-order valence-corrected chi connectivity index (χ1v) is 6.90. The van der Waals surface area contributed by atoms with Crippen molar-refractivity contribution in [3.63, 3.8) is 0 Å².